The summed E-state index contributed by atoms with van der Waals surface area (Å²) in [6.07, 6.45) is 3.26. The molecule has 1 N–H and O–H groups in total. The van der Waals surface area contributed by atoms with Gasteiger partial charge in [0.25, 0.3) is 0 Å². The summed E-state index contributed by atoms with van der Waals surface area (Å²) in [5, 5.41) is 3.11. The summed E-state index contributed by atoms with van der Waals surface area (Å²) < 4.78 is 25.7. The lowest BCUT2D eigenvalue weighted by Crippen LogP contribution is -2.44. The van der Waals surface area contributed by atoms with E-state index in [4.69, 9.17) is 0 Å². The molecule has 134 valence electrons. The van der Waals surface area contributed by atoms with E-state index in [9.17, 15) is 13.2 Å². The average Bonchev–Trinajstić information content (AvgIpc) is 2.53. The Kier molecular flexibility index (Phi) is 5.87. The number of likely N-dealkylation sites (tertiary alicyclic amines) is 1. The van der Waals surface area contributed by atoms with Crippen LogP contribution in [0.1, 0.15) is 31.7 Å². The second-order valence-electron chi connectivity index (χ2n) is 6.55. The van der Waals surface area contributed by atoms with Crippen molar-refractivity contribution < 1.29 is 13.2 Å². The lowest BCUT2D eigenvalue weighted by atomic mass is 10.0. The van der Waals surface area contributed by atoms with Crippen molar-refractivity contribution >= 4 is 21.6 Å². The van der Waals surface area contributed by atoms with Gasteiger partial charge in [-0.15, -0.1) is 0 Å². The van der Waals surface area contributed by atoms with Gasteiger partial charge in [0.1, 0.15) is 0 Å². The predicted octanol–water partition coefficient (Wildman–Crippen LogP) is 2.06. The minimum absolute atomic E-state index is 0.0578. The van der Waals surface area contributed by atoms with Gasteiger partial charge in [-0.1, -0.05) is 6.07 Å². The average molecular weight is 353 g/mol. The summed E-state index contributed by atoms with van der Waals surface area (Å²) in [7, 11) is -0.479. The normalized spacial score (nSPS) is 18.7. The monoisotopic (exact) mass is 353 g/mol. The van der Waals surface area contributed by atoms with E-state index in [1.165, 1.54) is 24.8 Å². The van der Waals surface area contributed by atoms with Crippen LogP contribution in [0.3, 0.4) is 0 Å². The maximum Gasteiger partial charge on any atom is 0.242 e. The third-order valence-corrected chi connectivity index (χ3v) is 6.35. The van der Waals surface area contributed by atoms with E-state index in [1.54, 1.807) is 18.2 Å². The number of sulfonamides is 1. The third-order valence-electron chi connectivity index (χ3n) is 4.54. The van der Waals surface area contributed by atoms with Gasteiger partial charge in [-0.2, -0.15) is 0 Å². The molecule has 2 rings (SSSR count). The molecular weight excluding hydrogens is 326 g/mol. The molecule has 1 saturated heterocycles. The van der Waals surface area contributed by atoms with Crippen LogP contribution >= 0.6 is 0 Å². The molecule has 6 nitrogen and oxygen atoms in total. The molecular formula is C17H27N3O3S. The first-order valence-electron chi connectivity index (χ1n) is 8.30. The van der Waals surface area contributed by atoms with Gasteiger partial charge in [-0.25, -0.2) is 12.7 Å². The highest BCUT2D eigenvalue weighted by atomic mass is 32.2. The Morgan fingerprint density at radius 2 is 2.04 bits per heavy atom. The van der Waals surface area contributed by atoms with Crippen LogP contribution in [0.5, 0.6) is 0 Å². The molecule has 0 saturated carbocycles. The molecule has 24 heavy (non-hydrogen) atoms. The molecule has 1 aliphatic heterocycles. The fraction of sp³-hybridized carbons (Fsp3) is 0.588. The fourth-order valence-electron chi connectivity index (χ4n) is 2.90. The number of anilines is 1. The summed E-state index contributed by atoms with van der Waals surface area (Å²) in [5.41, 5.74) is 1.59. The predicted molar refractivity (Wildman–Crippen MR) is 95.6 cm³/mol. The van der Waals surface area contributed by atoms with E-state index >= 15 is 0 Å². The van der Waals surface area contributed by atoms with Gasteiger partial charge < -0.3 is 10.2 Å². The lowest BCUT2D eigenvalue weighted by Gasteiger charge is -2.33. The zero-order chi connectivity index (χ0) is 17.9. The number of aryl methyl sites for hydroxylation is 1. The number of carbonyl (C=O) groups excluding carboxylic acids is 1. The van der Waals surface area contributed by atoms with E-state index in [2.05, 4.69) is 12.2 Å². The van der Waals surface area contributed by atoms with Crippen LogP contribution in [0.25, 0.3) is 0 Å². The quantitative estimate of drug-likeness (QED) is 0.880. The summed E-state index contributed by atoms with van der Waals surface area (Å²) >= 11 is 0. The molecule has 1 heterocycles. The molecule has 0 aliphatic carbocycles. The van der Waals surface area contributed by atoms with Crippen molar-refractivity contribution in [2.45, 2.75) is 44.0 Å². The SMILES string of the molecule is Cc1ccc(S(=O)(=O)N(C)C)cc1NCC(=O)N1CCCCC1C. The van der Waals surface area contributed by atoms with Gasteiger partial charge in [0.15, 0.2) is 0 Å². The van der Waals surface area contributed by atoms with Gasteiger partial charge in [0.2, 0.25) is 15.9 Å². The summed E-state index contributed by atoms with van der Waals surface area (Å²) in [6.45, 7) is 4.95. The first kappa shape index (κ1) is 18.7. The number of nitrogens with one attached hydrogen (secondary N) is 1. The van der Waals surface area contributed by atoms with E-state index in [1.807, 2.05) is 11.8 Å². The molecule has 1 unspecified atom stereocenters. The highest BCUT2D eigenvalue weighted by molar-refractivity contribution is 7.89. The second-order valence-corrected chi connectivity index (χ2v) is 8.70. The number of rotatable bonds is 5. The molecule has 7 heteroatoms. The Morgan fingerprint density at radius 1 is 1.33 bits per heavy atom. The van der Waals surface area contributed by atoms with Crippen LogP contribution in [0.4, 0.5) is 5.69 Å². The summed E-state index contributed by atoms with van der Waals surface area (Å²) in [6, 6.07) is 5.21. The van der Waals surface area contributed by atoms with Gasteiger partial charge in [-0.05, 0) is 50.8 Å². The molecule has 1 fully saturated rings. The van der Waals surface area contributed by atoms with Gasteiger partial charge in [0, 0.05) is 32.4 Å². The zero-order valence-electron chi connectivity index (χ0n) is 14.9. The minimum atomic E-state index is -3.49. The number of piperidine rings is 1. The van der Waals surface area contributed by atoms with Crippen LogP contribution in [0.15, 0.2) is 23.1 Å². The molecule has 0 bridgehead atoms. The van der Waals surface area contributed by atoms with Crippen LogP contribution in [-0.4, -0.2) is 56.8 Å². The van der Waals surface area contributed by atoms with Crippen molar-refractivity contribution in [2.75, 3.05) is 32.5 Å². The van der Waals surface area contributed by atoms with Gasteiger partial charge in [-0.3, -0.25) is 4.79 Å². The number of nitrogens with zero attached hydrogens (tertiary/aromatic N) is 2. The van der Waals surface area contributed by atoms with Gasteiger partial charge >= 0.3 is 0 Å². The Hall–Kier alpha value is -1.60. The standard InChI is InChI=1S/C17H27N3O3S/c1-13-8-9-15(24(22,23)19(3)4)11-16(13)18-12-17(21)20-10-6-5-7-14(20)2/h8-9,11,14,18H,5-7,10,12H2,1-4H3. The first-order chi connectivity index (χ1) is 11.2. The second kappa shape index (κ2) is 7.53. The molecule has 1 aromatic carbocycles. The maximum absolute atomic E-state index is 12.4. The molecule has 0 spiro atoms. The highest BCUT2D eigenvalue weighted by Gasteiger charge is 2.23. The Morgan fingerprint density at radius 3 is 2.67 bits per heavy atom. The smallest absolute Gasteiger partial charge is 0.242 e. The summed E-state index contributed by atoms with van der Waals surface area (Å²) in [4.78, 5) is 14.6. The maximum atomic E-state index is 12.4. The minimum Gasteiger partial charge on any atom is -0.376 e. The Labute approximate surface area is 144 Å². The van der Waals surface area contributed by atoms with Gasteiger partial charge in [0.05, 0.1) is 11.4 Å². The van der Waals surface area contributed by atoms with E-state index in [0.717, 1.165) is 24.9 Å². The third kappa shape index (κ3) is 4.08. The number of carbonyl (C=O) groups is 1. The van der Waals surface area contributed by atoms with E-state index < -0.39 is 10.0 Å². The largest absolute Gasteiger partial charge is 0.376 e. The Bertz CT molecular complexity index is 701. The molecule has 1 aromatic rings. The lowest BCUT2D eigenvalue weighted by molar-refractivity contribution is -0.132. The topological polar surface area (TPSA) is 69.7 Å². The number of hydrogen-bond acceptors (Lipinski definition) is 4. The van der Waals surface area contributed by atoms with Crippen molar-refractivity contribution in [1.29, 1.82) is 0 Å². The Balaban J connectivity index is 2.11. The number of amides is 1. The fourth-order valence-corrected chi connectivity index (χ4v) is 3.83. The number of benzene rings is 1. The molecule has 0 radical (unpaired) electrons. The molecule has 1 amide bonds. The first-order valence-corrected chi connectivity index (χ1v) is 9.74. The highest BCUT2D eigenvalue weighted by Crippen LogP contribution is 2.22. The van der Waals surface area contributed by atoms with Crippen LogP contribution in [-0.2, 0) is 14.8 Å². The molecule has 1 aliphatic rings. The zero-order valence-corrected chi connectivity index (χ0v) is 15.7. The van der Waals surface area contributed by atoms with Crippen molar-refractivity contribution in [1.82, 2.24) is 9.21 Å². The van der Waals surface area contributed by atoms with Crippen LogP contribution < -0.4 is 5.32 Å². The van der Waals surface area contributed by atoms with Crippen molar-refractivity contribution in [3.8, 4) is 0 Å². The van der Waals surface area contributed by atoms with Crippen molar-refractivity contribution in [3.05, 3.63) is 23.8 Å². The summed E-state index contributed by atoms with van der Waals surface area (Å²) in [5.74, 6) is 0.0578. The van der Waals surface area contributed by atoms with Crippen molar-refractivity contribution in [2.24, 2.45) is 0 Å². The van der Waals surface area contributed by atoms with Crippen LogP contribution in [0.2, 0.25) is 0 Å². The van der Waals surface area contributed by atoms with E-state index in [0.29, 0.717) is 5.69 Å². The number of hydrogen-bond donors (Lipinski definition) is 1. The molecule has 0 aromatic heterocycles. The van der Waals surface area contributed by atoms with E-state index in [-0.39, 0.29) is 23.4 Å². The molecule has 1 atom stereocenters. The van der Waals surface area contributed by atoms with Crippen LogP contribution in [0, 0.1) is 6.92 Å². The van der Waals surface area contributed by atoms with Crippen molar-refractivity contribution in [3.63, 3.8) is 0 Å².